The summed E-state index contributed by atoms with van der Waals surface area (Å²) in [6, 6.07) is -0.350. The molecule has 3 aliphatic rings. The monoisotopic (exact) mass is 504 g/mol. The smallest absolute Gasteiger partial charge is 0.543 e. The first-order chi connectivity index (χ1) is 15.1. The van der Waals surface area contributed by atoms with E-state index in [2.05, 4.69) is 4.98 Å². The third-order valence-electron chi connectivity index (χ3n) is 6.21. The molecule has 0 aromatic carbocycles. The molecule has 4 rings (SSSR count). The number of thioether (sulfide) groups is 1. The summed E-state index contributed by atoms with van der Waals surface area (Å²) in [7, 11) is 1.61. The molecule has 0 spiro atoms. The van der Waals surface area contributed by atoms with Gasteiger partial charge >= 0.3 is 29.6 Å². The molecule has 1 aromatic heterocycles. The van der Waals surface area contributed by atoms with Gasteiger partial charge in [-0.1, -0.05) is 6.92 Å². The number of β-lactam (4-membered cyclic amide) rings is 1. The standard InChI is InChI=1S/C20H26N4O6S2.Na/c1-9-14-13(10(2)26)18(28)24(14)15(19(29)30)16(9)32-11-6-23(7-11)20-21-12(8-31-20)17(27)22(3)4-5-25;/h8-11,13-14,25-26H,4-7H2,1-3H3,(H,29,30);/q;+1/p-1/t9-,10-,13-,14-;/m1./s1. The van der Waals surface area contributed by atoms with Crippen LogP contribution >= 0.6 is 23.1 Å². The number of hydrogen-bond donors (Lipinski definition) is 2. The molecule has 3 aliphatic heterocycles. The Kier molecular flexibility index (Phi) is 8.20. The molecule has 0 aliphatic carbocycles. The molecule has 2 saturated heterocycles. The Morgan fingerprint density at radius 3 is 2.67 bits per heavy atom. The summed E-state index contributed by atoms with van der Waals surface area (Å²) in [6.07, 6.45) is -0.837. The van der Waals surface area contributed by atoms with Gasteiger partial charge in [0.05, 0.1) is 36.3 Å². The molecule has 0 bridgehead atoms. The van der Waals surface area contributed by atoms with E-state index in [1.807, 2.05) is 11.8 Å². The van der Waals surface area contributed by atoms with Gasteiger partial charge in [0.2, 0.25) is 5.91 Å². The zero-order valence-electron chi connectivity index (χ0n) is 18.9. The van der Waals surface area contributed by atoms with Crippen LogP contribution in [0.4, 0.5) is 5.13 Å². The van der Waals surface area contributed by atoms with Crippen LogP contribution in [-0.4, -0.2) is 93.5 Å². The molecule has 4 heterocycles. The second kappa shape index (κ2) is 10.2. The van der Waals surface area contributed by atoms with E-state index < -0.39 is 18.0 Å². The number of thiazole rings is 1. The first-order valence-electron chi connectivity index (χ1n) is 10.4. The van der Waals surface area contributed by atoms with Crippen molar-refractivity contribution in [2.24, 2.45) is 11.8 Å². The van der Waals surface area contributed by atoms with Crippen LogP contribution in [0.25, 0.3) is 0 Å². The van der Waals surface area contributed by atoms with E-state index in [9.17, 15) is 24.6 Å². The molecule has 2 amide bonds. The SMILES string of the molecule is C[C@@H](O)[C@H]1C(=O)N2C(C(=O)[O-])=C(SC3CN(c4nc(C(=O)N(C)CCO)cs4)C3)[C@H](C)[C@H]12.[Na+]. The number of carbonyl (C=O) groups excluding carboxylic acids is 3. The summed E-state index contributed by atoms with van der Waals surface area (Å²) in [5.74, 6) is -2.77. The molecule has 1 aromatic rings. The number of aromatic nitrogens is 1. The van der Waals surface area contributed by atoms with Gasteiger partial charge in [-0.15, -0.1) is 23.1 Å². The van der Waals surface area contributed by atoms with Gasteiger partial charge < -0.3 is 34.8 Å². The molecule has 33 heavy (non-hydrogen) atoms. The molecule has 0 radical (unpaired) electrons. The second-order valence-electron chi connectivity index (χ2n) is 8.36. The van der Waals surface area contributed by atoms with E-state index >= 15 is 0 Å². The van der Waals surface area contributed by atoms with Crippen molar-refractivity contribution in [1.82, 2.24) is 14.8 Å². The van der Waals surface area contributed by atoms with Crippen molar-refractivity contribution in [3.63, 3.8) is 0 Å². The normalized spacial score (nSPS) is 25.2. The fraction of sp³-hybridized carbons (Fsp3) is 0.600. The van der Waals surface area contributed by atoms with Crippen molar-refractivity contribution < 1.29 is 59.3 Å². The number of aliphatic hydroxyl groups is 2. The number of carboxylic acids is 1. The third-order valence-corrected chi connectivity index (χ3v) is 8.56. The summed E-state index contributed by atoms with van der Waals surface area (Å²) in [6.45, 7) is 4.82. The average Bonchev–Trinajstić information content (AvgIpc) is 3.25. The molecule has 2 fully saturated rings. The van der Waals surface area contributed by atoms with Crippen molar-refractivity contribution in [3.05, 3.63) is 21.7 Å². The summed E-state index contributed by atoms with van der Waals surface area (Å²) in [5, 5.41) is 33.2. The van der Waals surface area contributed by atoms with E-state index in [1.54, 1.807) is 19.4 Å². The predicted molar refractivity (Wildman–Crippen MR) is 117 cm³/mol. The van der Waals surface area contributed by atoms with Gasteiger partial charge in [-0.3, -0.25) is 9.59 Å². The largest absolute Gasteiger partial charge is 1.00 e. The molecule has 13 heteroatoms. The van der Waals surface area contributed by atoms with Crippen LogP contribution in [0, 0.1) is 11.8 Å². The molecule has 174 valence electrons. The maximum Gasteiger partial charge on any atom is 1.00 e. The van der Waals surface area contributed by atoms with E-state index in [0.717, 1.165) is 0 Å². The van der Waals surface area contributed by atoms with Gasteiger partial charge in [0.1, 0.15) is 5.69 Å². The van der Waals surface area contributed by atoms with Crippen LogP contribution in [0.5, 0.6) is 0 Å². The van der Waals surface area contributed by atoms with Gasteiger partial charge in [-0.05, 0) is 6.92 Å². The Bertz CT molecular complexity index is 980. The fourth-order valence-corrected chi connectivity index (χ4v) is 6.81. The summed E-state index contributed by atoms with van der Waals surface area (Å²) in [4.78, 5) is 46.2. The van der Waals surface area contributed by atoms with Crippen molar-refractivity contribution in [2.75, 3.05) is 38.2 Å². The molecule has 0 unspecified atom stereocenters. The zero-order valence-corrected chi connectivity index (χ0v) is 22.6. The number of fused-ring (bicyclic) bond motifs is 1. The van der Waals surface area contributed by atoms with E-state index in [0.29, 0.717) is 28.8 Å². The minimum absolute atomic E-state index is 0. The Balaban J connectivity index is 0.00000306. The predicted octanol–water partition coefficient (Wildman–Crippen LogP) is -4.05. The number of aliphatic carboxylic acids is 1. The van der Waals surface area contributed by atoms with E-state index in [4.69, 9.17) is 5.11 Å². The van der Waals surface area contributed by atoms with Crippen LogP contribution < -0.4 is 39.6 Å². The molecule has 4 atom stereocenters. The Hall–Kier alpha value is -1.15. The third kappa shape index (κ3) is 4.58. The number of likely N-dealkylation sites (N-methyl/N-ethyl adjacent to an activating group) is 1. The number of amides is 2. The number of hydrogen-bond acceptors (Lipinski definition) is 10. The van der Waals surface area contributed by atoms with E-state index in [1.165, 1.54) is 32.9 Å². The maximum atomic E-state index is 12.4. The van der Waals surface area contributed by atoms with Crippen molar-refractivity contribution in [1.29, 1.82) is 0 Å². The summed E-state index contributed by atoms with van der Waals surface area (Å²) < 4.78 is 0. The van der Waals surface area contributed by atoms with Gasteiger partial charge in [-0.2, -0.15) is 0 Å². The van der Waals surface area contributed by atoms with Gasteiger partial charge in [0.25, 0.3) is 5.91 Å². The van der Waals surface area contributed by atoms with Gasteiger partial charge in [-0.25, -0.2) is 4.98 Å². The number of aliphatic hydroxyl groups excluding tert-OH is 2. The first-order valence-corrected chi connectivity index (χ1v) is 12.1. The van der Waals surface area contributed by atoms with Crippen LogP contribution in [-0.2, 0) is 9.59 Å². The number of rotatable bonds is 8. The van der Waals surface area contributed by atoms with Crippen LogP contribution in [0.3, 0.4) is 0 Å². The molecular formula is C20H25N4NaO6S2. The topological polar surface area (TPSA) is 137 Å². The van der Waals surface area contributed by atoms with Crippen LogP contribution in [0.1, 0.15) is 24.3 Å². The summed E-state index contributed by atoms with van der Waals surface area (Å²) >= 11 is 2.80. The second-order valence-corrected chi connectivity index (χ2v) is 10.5. The molecule has 0 saturated carbocycles. The van der Waals surface area contributed by atoms with Gasteiger partial charge in [0, 0.05) is 48.1 Å². The zero-order chi connectivity index (χ0) is 23.3. The van der Waals surface area contributed by atoms with Crippen molar-refractivity contribution in [2.45, 2.75) is 31.2 Å². The first kappa shape index (κ1) is 26.5. The molecule has 10 nitrogen and oxygen atoms in total. The minimum Gasteiger partial charge on any atom is -0.543 e. The fourth-order valence-electron chi connectivity index (χ4n) is 4.47. The van der Waals surface area contributed by atoms with Crippen LogP contribution in [0.2, 0.25) is 0 Å². The molecular weight excluding hydrogens is 479 g/mol. The Morgan fingerprint density at radius 2 is 2.09 bits per heavy atom. The van der Waals surface area contributed by atoms with Crippen molar-refractivity contribution in [3.8, 4) is 0 Å². The average molecular weight is 505 g/mol. The summed E-state index contributed by atoms with van der Waals surface area (Å²) in [5.41, 5.74) is 0.261. The minimum atomic E-state index is -1.37. The van der Waals surface area contributed by atoms with Gasteiger partial charge in [0.15, 0.2) is 5.13 Å². The number of anilines is 1. The Morgan fingerprint density at radius 1 is 1.42 bits per heavy atom. The van der Waals surface area contributed by atoms with E-state index in [-0.39, 0.29) is 77.4 Å². The maximum absolute atomic E-state index is 12.4. The number of carboxylic acid groups (broad SMARTS) is 1. The van der Waals surface area contributed by atoms with Crippen LogP contribution in [0.15, 0.2) is 16.0 Å². The Labute approximate surface area is 221 Å². The van der Waals surface area contributed by atoms with Crippen molar-refractivity contribution >= 4 is 46.0 Å². The molecule has 2 N–H and O–H groups in total. The number of carbonyl (C=O) groups is 3. The number of nitrogens with zero attached hydrogens (tertiary/aromatic N) is 4. The quantitative estimate of drug-likeness (QED) is 0.268.